The molecule has 18 heavy (non-hydrogen) atoms. The van der Waals surface area contributed by atoms with Crippen LogP contribution in [-0.2, 0) is 12.0 Å². The van der Waals surface area contributed by atoms with Gasteiger partial charge >= 0.3 is 0 Å². The highest BCUT2D eigenvalue weighted by molar-refractivity contribution is 5.39. The summed E-state index contributed by atoms with van der Waals surface area (Å²) in [6.45, 7) is 7.64. The smallest absolute Gasteiger partial charge is 0.114 e. The molecule has 0 aliphatic carbocycles. The van der Waals surface area contributed by atoms with Gasteiger partial charge in [-0.05, 0) is 50.5 Å². The van der Waals surface area contributed by atoms with Gasteiger partial charge in [0.25, 0.3) is 0 Å². The molecular weight excluding hydrogens is 226 g/mol. The third kappa shape index (κ3) is 2.43. The fourth-order valence-electron chi connectivity index (χ4n) is 1.85. The number of rotatable bonds is 3. The molecule has 2 rings (SSSR count). The molecule has 0 atom stereocenters. The highest BCUT2D eigenvalue weighted by Crippen LogP contribution is 2.19. The first-order valence-electron chi connectivity index (χ1n) is 6.17. The number of aromatic nitrogens is 3. The third-order valence-electron chi connectivity index (χ3n) is 3.10. The Balaban J connectivity index is 2.40. The van der Waals surface area contributed by atoms with E-state index in [0.29, 0.717) is 5.69 Å². The molecule has 4 heteroatoms. The maximum absolute atomic E-state index is 9.88. The van der Waals surface area contributed by atoms with Crippen molar-refractivity contribution in [3.05, 3.63) is 41.2 Å². The minimum atomic E-state index is -0.962. The Morgan fingerprint density at radius 2 is 2.06 bits per heavy atom. The summed E-state index contributed by atoms with van der Waals surface area (Å²) in [7, 11) is 0. The van der Waals surface area contributed by atoms with Crippen LogP contribution in [0.2, 0.25) is 0 Å². The first-order valence-corrected chi connectivity index (χ1v) is 6.17. The molecule has 0 aliphatic rings. The summed E-state index contributed by atoms with van der Waals surface area (Å²) in [6, 6.07) is 6.20. The van der Waals surface area contributed by atoms with Crippen molar-refractivity contribution in [2.24, 2.45) is 0 Å². The Hall–Kier alpha value is -1.68. The van der Waals surface area contributed by atoms with Crippen LogP contribution in [0.5, 0.6) is 0 Å². The topological polar surface area (TPSA) is 50.9 Å². The van der Waals surface area contributed by atoms with Gasteiger partial charge in [0, 0.05) is 0 Å². The second kappa shape index (κ2) is 4.53. The van der Waals surface area contributed by atoms with Gasteiger partial charge in [0.2, 0.25) is 0 Å². The summed E-state index contributed by atoms with van der Waals surface area (Å²) >= 11 is 0. The van der Waals surface area contributed by atoms with E-state index >= 15 is 0 Å². The number of hydrogen-bond donors (Lipinski definition) is 1. The van der Waals surface area contributed by atoms with Crippen LogP contribution in [-0.4, -0.2) is 20.1 Å². The summed E-state index contributed by atoms with van der Waals surface area (Å²) in [5, 5.41) is 17.9. The largest absolute Gasteiger partial charge is 0.384 e. The standard InChI is InChI=1S/C14H19N3O/c1-5-11-8-12(7-6-10(11)2)17-9-13(15-16-17)14(3,4)18/h6-9,18H,5H2,1-4H3. The molecule has 0 aliphatic heterocycles. The maximum atomic E-state index is 9.88. The molecule has 1 heterocycles. The molecule has 1 N–H and O–H groups in total. The molecule has 1 aromatic carbocycles. The van der Waals surface area contributed by atoms with Crippen LogP contribution in [0, 0.1) is 6.92 Å². The van der Waals surface area contributed by atoms with Crippen LogP contribution in [0.15, 0.2) is 24.4 Å². The van der Waals surface area contributed by atoms with Gasteiger partial charge in [0.15, 0.2) is 0 Å². The lowest BCUT2D eigenvalue weighted by Crippen LogP contribution is -2.15. The zero-order chi connectivity index (χ0) is 13.3. The van der Waals surface area contributed by atoms with E-state index < -0.39 is 5.60 Å². The van der Waals surface area contributed by atoms with Crippen LogP contribution in [0.3, 0.4) is 0 Å². The Morgan fingerprint density at radius 1 is 1.33 bits per heavy atom. The maximum Gasteiger partial charge on any atom is 0.114 e. The average Bonchev–Trinajstić information content (AvgIpc) is 2.78. The van der Waals surface area contributed by atoms with E-state index in [0.717, 1.165) is 12.1 Å². The minimum absolute atomic E-state index is 0.570. The van der Waals surface area contributed by atoms with Gasteiger partial charge in [-0.2, -0.15) is 0 Å². The highest BCUT2D eigenvalue weighted by atomic mass is 16.3. The predicted octanol–water partition coefficient (Wildman–Crippen LogP) is 2.37. The summed E-state index contributed by atoms with van der Waals surface area (Å²) in [6.07, 6.45) is 2.76. The number of nitrogens with zero attached hydrogens (tertiary/aromatic N) is 3. The van der Waals surface area contributed by atoms with E-state index in [2.05, 4.69) is 36.3 Å². The van der Waals surface area contributed by atoms with Crippen LogP contribution >= 0.6 is 0 Å². The lowest BCUT2D eigenvalue weighted by atomic mass is 10.1. The van der Waals surface area contributed by atoms with Crippen molar-refractivity contribution in [2.45, 2.75) is 39.7 Å². The second-order valence-electron chi connectivity index (χ2n) is 5.07. The summed E-state index contributed by atoms with van der Waals surface area (Å²) in [4.78, 5) is 0. The van der Waals surface area contributed by atoms with Crippen molar-refractivity contribution in [2.75, 3.05) is 0 Å². The molecule has 0 spiro atoms. The zero-order valence-corrected chi connectivity index (χ0v) is 11.3. The van der Waals surface area contributed by atoms with E-state index in [-0.39, 0.29) is 0 Å². The molecular formula is C14H19N3O. The molecule has 4 nitrogen and oxygen atoms in total. The molecule has 0 radical (unpaired) electrons. The number of aliphatic hydroxyl groups is 1. The Bertz CT molecular complexity index is 552. The lowest BCUT2D eigenvalue weighted by molar-refractivity contribution is 0.0737. The van der Waals surface area contributed by atoms with Gasteiger partial charge in [0.05, 0.1) is 11.9 Å². The number of hydrogen-bond acceptors (Lipinski definition) is 3. The molecule has 2 aromatic rings. The van der Waals surface area contributed by atoms with Gasteiger partial charge in [0.1, 0.15) is 11.3 Å². The summed E-state index contributed by atoms with van der Waals surface area (Å²) < 4.78 is 1.70. The van der Waals surface area contributed by atoms with Gasteiger partial charge in [-0.15, -0.1) is 5.10 Å². The molecule has 0 fully saturated rings. The van der Waals surface area contributed by atoms with Crippen LogP contribution in [0.25, 0.3) is 5.69 Å². The molecule has 0 bridgehead atoms. The first kappa shape index (κ1) is 12.8. The predicted molar refractivity (Wildman–Crippen MR) is 70.7 cm³/mol. The Kier molecular flexibility index (Phi) is 3.22. The molecule has 0 saturated heterocycles. The van der Waals surface area contributed by atoms with Gasteiger partial charge in [-0.1, -0.05) is 18.2 Å². The first-order chi connectivity index (χ1) is 8.41. The minimum Gasteiger partial charge on any atom is -0.384 e. The molecule has 0 amide bonds. The van der Waals surface area contributed by atoms with Crippen LogP contribution in [0.1, 0.15) is 37.6 Å². The van der Waals surface area contributed by atoms with Gasteiger partial charge < -0.3 is 5.11 Å². The summed E-state index contributed by atoms with van der Waals surface area (Å²) in [5.74, 6) is 0. The third-order valence-corrected chi connectivity index (χ3v) is 3.10. The van der Waals surface area contributed by atoms with Gasteiger partial charge in [-0.3, -0.25) is 0 Å². The Morgan fingerprint density at radius 3 is 2.61 bits per heavy atom. The summed E-state index contributed by atoms with van der Waals surface area (Å²) in [5.41, 5.74) is 3.16. The zero-order valence-electron chi connectivity index (χ0n) is 11.3. The molecule has 0 unspecified atom stereocenters. The van der Waals surface area contributed by atoms with Crippen molar-refractivity contribution in [1.29, 1.82) is 0 Å². The van der Waals surface area contributed by atoms with E-state index in [1.165, 1.54) is 11.1 Å². The number of benzene rings is 1. The lowest BCUT2D eigenvalue weighted by Gasteiger charge is -2.12. The van der Waals surface area contributed by atoms with E-state index in [1.807, 2.05) is 6.07 Å². The van der Waals surface area contributed by atoms with Crippen molar-refractivity contribution in [1.82, 2.24) is 15.0 Å². The molecule has 0 saturated carbocycles. The van der Waals surface area contributed by atoms with Crippen LogP contribution in [0.4, 0.5) is 0 Å². The fraction of sp³-hybridized carbons (Fsp3) is 0.429. The monoisotopic (exact) mass is 245 g/mol. The molecule has 96 valence electrons. The fourth-order valence-corrected chi connectivity index (χ4v) is 1.85. The second-order valence-corrected chi connectivity index (χ2v) is 5.07. The molecule has 1 aromatic heterocycles. The van der Waals surface area contributed by atoms with E-state index in [4.69, 9.17) is 0 Å². The Labute approximate surface area is 107 Å². The SMILES string of the molecule is CCc1cc(-n2cc(C(C)(C)O)nn2)ccc1C. The number of aryl methyl sites for hydroxylation is 2. The normalized spacial score (nSPS) is 11.8. The quantitative estimate of drug-likeness (QED) is 0.903. The van der Waals surface area contributed by atoms with Crippen molar-refractivity contribution in [3.8, 4) is 5.69 Å². The van der Waals surface area contributed by atoms with Gasteiger partial charge in [-0.25, -0.2) is 4.68 Å². The highest BCUT2D eigenvalue weighted by Gasteiger charge is 2.20. The average molecular weight is 245 g/mol. The van der Waals surface area contributed by atoms with E-state index in [1.54, 1.807) is 24.7 Å². The van der Waals surface area contributed by atoms with Crippen molar-refractivity contribution in [3.63, 3.8) is 0 Å². The van der Waals surface area contributed by atoms with Crippen molar-refractivity contribution >= 4 is 0 Å². The van der Waals surface area contributed by atoms with E-state index in [9.17, 15) is 5.11 Å². The van der Waals surface area contributed by atoms with Crippen LogP contribution < -0.4 is 0 Å². The van der Waals surface area contributed by atoms with Crippen molar-refractivity contribution < 1.29 is 5.11 Å².